The molecule has 2 N–H and O–H groups in total. The van der Waals surface area contributed by atoms with Gasteiger partial charge in [-0.3, -0.25) is 14.2 Å². The fourth-order valence-electron chi connectivity index (χ4n) is 3.82. The summed E-state index contributed by atoms with van der Waals surface area (Å²) < 4.78 is 17.5. The van der Waals surface area contributed by atoms with E-state index in [2.05, 4.69) is 10.6 Å². The van der Waals surface area contributed by atoms with Crippen molar-refractivity contribution >= 4 is 28.2 Å². The number of anilines is 2. The Morgan fingerprint density at radius 1 is 0.829 bits per heavy atom. The zero-order valence-electron chi connectivity index (χ0n) is 19.8. The first kappa shape index (κ1) is 23.7. The van der Waals surface area contributed by atoms with E-state index in [1.807, 2.05) is 48.5 Å². The summed E-state index contributed by atoms with van der Waals surface area (Å²) in [4.78, 5) is 26.3. The van der Waals surface area contributed by atoms with Crippen LogP contribution in [0.15, 0.2) is 77.6 Å². The minimum Gasteiger partial charge on any atom is -0.497 e. The predicted molar refractivity (Wildman–Crippen MR) is 137 cm³/mol. The van der Waals surface area contributed by atoms with Crippen LogP contribution in [0.4, 0.5) is 11.4 Å². The lowest BCUT2D eigenvalue weighted by molar-refractivity contribution is -0.116. The average molecular weight is 474 g/mol. The highest BCUT2D eigenvalue weighted by molar-refractivity contribution is 5.92. The first-order valence-corrected chi connectivity index (χ1v) is 11.0. The molecule has 1 amide bonds. The highest BCUT2D eigenvalue weighted by Gasteiger charge is 2.16. The van der Waals surface area contributed by atoms with E-state index in [1.54, 1.807) is 38.5 Å². The van der Waals surface area contributed by atoms with Crippen molar-refractivity contribution < 1.29 is 19.0 Å². The Balaban J connectivity index is 1.71. The molecule has 0 saturated carbocycles. The van der Waals surface area contributed by atoms with Crippen LogP contribution in [0.5, 0.6) is 17.2 Å². The summed E-state index contributed by atoms with van der Waals surface area (Å²) in [6.45, 7) is 0.117. The Morgan fingerprint density at radius 3 is 2.17 bits per heavy atom. The van der Waals surface area contributed by atoms with Gasteiger partial charge >= 0.3 is 0 Å². The normalized spacial score (nSPS) is 10.6. The van der Waals surface area contributed by atoms with Gasteiger partial charge in [0.2, 0.25) is 5.91 Å². The summed E-state index contributed by atoms with van der Waals surface area (Å²) in [5.41, 5.74) is 2.31. The third kappa shape index (κ3) is 5.38. The molecule has 0 radical (unpaired) electrons. The van der Waals surface area contributed by atoms with Crippen LogP contribution < -0.4 is 30.4 Å². The van der Waals surface area contributed by atoms with E-state index in [-0.39, 0.29) is 24.6 Å². The Morgan fingerprint density at radius 2 is 1.51 bits per heavy atom. The average Bonchev–Trinajstić information content (AvgIpc) is 2.89. The molecule has 180 valence electrons. The molecule has 1 aromatic heterocycles. The molecule has 0 bridgehead atoms. The summed E-state index contributed by atoms with van der Waals surface area (Å²) in [6, 6.07) is 21.9. The maximum atomic E-state index is 13.5. The molecular formula is C27H27N3O5. The molecule has 8 heteroatoms. The Hall–Kier alpha value is -4.46. The van der Waals surface area contributed by atoms with E-state index >= 15 is 0 Å². The van der Waals surface area contributed by atoms with Crippen molar-refractivity contribution in [3.8, 4) is 17.2 Å². The lowest BCUT2D eigenvalue weighted by Crippen LogP contribution is -2.30. The second kappa shape index (κ2) is 10.6. The number of nitrogens with zero attached hydrogens (tertiary/aromatic N) is 1. The third-order valence-electron chi connectivity index (χ3n) is 5.61. The largest absolute Gasteiger partial charge is 0.497 e. The number of ether oxygens (including phenoxy) is 3. The SMILES string of the molecule is COc1ccc(NCc2cc3cc(OC)c(OC)cc3n(CC(=O)Nc3ccccc3)c2=O)cc1. The van der Waals surface area contributed by atoms with Gasteiger partial charge in [-0.1, -0.05) is 18.2 Å². The fraction of sp³-hybridized carbons (Fsp3) is 0.185. The van der Waals surface area contributed by atoms with Gasteiger partial charge in [-0.15, -0.1) is 0 Å². The van der Waals surface area contributed by atoms with Gasteiger partial charge in [-0.05, 0) is 48.5 Å². The van der Waals surface area contributed by atoms with Crippen LogP contribution in [0.25, 0.3) is 10.9 Å². The van der Waals surface area contributed by atoms with Crippen LogP contribution in [0.2, 0.25) is 0 Å². The number of nitrogens with one attached hydrogen (secondary N) is 2. The molecule has 0 saturated heterocycles. The number of rotatable bonds is 9. The summed E-state index contributed by atoms with van der Waals surface area (Å²) in [5.74, 6) is 1.44. The smallest absolute Gasteiger partial charge is 0.256 e. The van der Waals surface area contributed by atoms with Gasteiger partial charge in [0.15, 0.2) is 11.5 Å². The Labute approximate surface area is 203 Å². The second-order valence-electron chi connectivity index (χ2n) is 7.82. The number of benzene rings is 3. The molecular weight excluding hydrogens is 446 g/mol. The van der Waals surface area contributed by atoms with Crippen molar-refractivity contribution in [3.05, 3.63) is 88.7 Å². The van der Waals surface area contributed by atoms with Gasteiger partial charge < -0.3 is 24.8 Å². The van der Waals surface area contributed by atoms with Gasteiger partial charge in [-0.25, -0.2) is 0 Å². The molecule has 0 spiro atoms. The molecule has 0 fully saturated rings. The molecule has 0 aliphatic heterocycles. The van der Waals surface area contributed by atoms with Crippen molar-refractivity contribution in [2.45, 2.75) is 13.1 Å². The number of para-hydroxylation sites is 1. The molecule has 0 aliphatic carbocycles. The predicted octanol–water partition coefficient (Wildman–Crippen LogP) is 4.28. The third-order valence-corrected chi connectivity index (χ3v) is 5.61. The van der Waals surface area contributed by atoms with E-state index in [4.69, 9.17) is 14.2 Å². The molecule has 0 unspecified atom stereocenters. The van der Waals surface area contributed by atoms with Crippen molar-refractivity contribution in [1.82, 2.24) is 4.57 Å². The van der Waals surface area contributed by atoms with Crippen LogP contribution in [0, 0.1) is 0 Å². The van der Waals surface area contributed by atoms with E-state index in [0.29, 0.717) is 28.3 Å². The van der Waals surface area contributed by atoms with Gasteiger partial charge in [0.05, 0.1) is 26.8 Å². The maximum Gasteiger partial charge on any atom is 0.256 e. The number of fused-ring (bicyclic) bond motifs is 1. The van der Waals surface area contributed by atoms with Crippen molar-refractivity contribution in [2.75, 3.05) is 32.0 Å². The van der Waals surface area contributed by atoms with Crippen LogP contribution in [0.3, 0.4) is 0 Å². The first-order chi connectivity index (χ1) is 17.0. The maximum absolute atomic E-state index is 13.5. The molecule has 4 aromatic rings. The van der Waals surface area contributed by atoms with Gasteiger partial charge in [-0.2, -0.15) is 0 Å². The zero-order valence-corrected chi connectivity index (χ0v) is 19.8. The van der Waals surface area contributed by atoms with Crippen molar-refractivity contribution in [3.63, 3.8) is 0 Å². The number of carbonyl (C=O) groups is 1. The number of aromatic nitrogens is 1. The van der Waals surface area contributed by atoms with E-state index in [1.165, 1.54) is 11.7 Å². The van der Waals surface area contributed by atoms with Gasteiger partial charge in [0.25, 0.3) is 5.56 Å². The highest BCUT2D eigenvalue weighted by atomic mass is 16.5. The van der Waals surface area contributed by atoms with Gasteiger partial charge in [0, 0.05) is 34.9 Å². The lowest BCUT2D eigenvalue weighted by atomic mass is 10.1. The standard InChI is InChI=1S/C27H27N3O5/c1-33-22-11-9-20(10-12-22)28-16-19-13-18-14-24(34-2)25(35-3)15-23(18)30(27(19)32)17-26(31)29-21-7-5-4-6-8-21/h4-15,28H,16-17H2,1-3H3,(H,29,31). The Kier molecular flexibility index (Phi) is 7.21. The number of amides is 1. The molecule has 1 heterocycles. The van der Waals surface area contributed by atoms with Crippen molar-refractivity contribution in [2.24, 2.45) is 0 Å². The van der Waals surface area contributed by atoms with Crippen LogP contribution >= 0.6 is 0 Å². The fourth-order valence-corrected chi connectivity index (χ4v) is 3.82. The molecule has 8 nitrogen and oxygen atoms in total. The molecule has 0 aliphatic rings. The Bertz CT molecular complexity index is 1380. The van der Waals surface area contributed by atoms with Gasteiger partial charge in [0.1, 0.15) is 12.3 Å². The number of hydrogen-bond donors (Lipinski definition) is 2. The molecule has 3 aromatic carbocycles. The minimum atomic E-state index is -0.311. The second-order valence-corrected chi connectivity index (χ2v) is 7.82. The summed E-state index contributed by atoms with van der Waals surface area (Å²) in [7, 11) is 4.69. The molecule has 35 heavy (non-hydrogen) atoms. The van der Waals surface area contributed by atoms with E-state index in [9.17, 15) is 9.59 Å². The molecule has 4 rings (SSSR count). The van der Waals surface area contributed by atoms with Crippen LogP contribution in [-0.2, 0) is 17.9 Å². The van der Waals surface area contributed by atoms with E-state index in [0.717, 1.165) is 16.8 Å². The minimum absolute atomic E-state index is 0.157. The summed E-state index contributed by atoms with van der Waals surface area (Å²) in [5, 5.41) is 6.85. The van der Waals surface area contributed by atoms with Crippen molar-refractivity contribution in [1.29, 1.82) is 0 Å². The number of pyridine rings is 1. The monoisotopic (exact) mass is 473 g/mol. The van der Waals surface area contributed by atoms with Crippen LogP contribution in [-0.4, -0.2) is 31.8 Å². The first-order valence-electron chi connectivity index (χ1n) is 11.0. The number of carbonyl (C=O) groups excluding carboxylic acids is 1. The lowest BCUT2D eigenvalue weighted by Gasteiger charge is -2.16. The molecule has 0 atom stereocenters. The van der Waals surface area contributed by atoms with Crippen LogP contribution in [0.1, 0.15) is 5.56 Å². The number of methoxy groups -OCH3 is 3. The van der Waals surface area contributed by atoms with E-state index < -0.39 is 0 Å². The number of hydrogen-bond acceptors (Lipinski definition) is 6. The summed E-state index contributed by atoms with van der Waals surface area (Å²) >= 11 is 0. The zero-order chi connectivity index (χ0) is 24.8. The quantitative estimate of drug-likeness (QED) is 0.377. The summed E-state index contributed by atoms with van der Waals surface area (Å²) in [6.07, 6.45) is 0. The highest BCUT2D eigenvalue weighted by Crippen LogP contribution is 2.32. The topological polar surface area (TPSA) is 90.8 Å².